The number of imidazole rings is 1. The highest BCUT2D eigenvalue weighted by molar-refractivity contribution is 6.39. The first kappa shape index (κ1) is 35.5. The minimum atomic E-state index is 0.102. The topological polar surface area (TPSA) is 122 Å². The zero-order valence-electron chi connectivity index (χ0n) is 28.1. The van der Waals surface area contributed by atoms with Crippen LogP contribution in [0.2, 0.25) is 10.0 Å². The molecule has 1 amide bonds. The molecule has 10 nitrogen and oxygen atoms in total. The van der Waals surface area contributed by atoms with E-state index in [0.29, 0.717) is 54.1 Å². The van der Waals surface area contributed by atoms with Gasteiger partial charge in [0.2, 0.25) is 11.8 Å². The number of hydrogen-bond acceptors (Lipinski definition) is 8. The average molecular weight is 715 g/mol. The number of likely N-dealkylation sites (N-methyl/N-ethyl adjacent to an activating group) is 1. The lowest BCUT2D eigenvalue weighted by Crippen LogP contribution is -2.36. The van der Waals surface area contributed by atoms with E-state index in [2.05, 4.69) is 21.3 Å². The van der Waals surface area contributed by atoms with Crippen LogP contribution in [0.25, 0.3) is 39.2 Å². The van der Waals surface area contributed by atoms with Gasteiger partial charge < -0.3 is 35.2 Å². The van der Waals surface area contributed by atoms with Gasteiger partial charge in [-0.05, 0) is 43.7 Å². The van der Waals surface area contributed by atoms with Gasteiger partial charge in [-0.15, -0.1) is 0 Å². The molecule has 4 heterocycles. The summed E-state index contributed by atoms with van der Waals surface area (Å²) in [6.45, 7) is 2.60. The summed E-state index contributed by atoms with van der Waals surface area (Å²) in [6.07, 6.45) is 7.70. The maximum atomic E-state index is 11.5. The van der Waals surface area contributed by atoms with Crippen LogP contribution >= 0.6 is 23.2 Å². The molecule has 2 atom stereocenters. The molecule has 6 rings (SSSR count). The minimum Gasteiger partial charge on any atom is -0.481 e. The lowest BCUT2D eigenvalue weighted by atomic mass is 9.97. The molecule has 0 aliphatic carbocycles. The molecule has 12 heteroatoms. The summed E-state index contributed by atoms with van der Waals surface area (Å²) < 4.78 is 7.65. The highest BCUT2D eigenvalue weighted by Gasteiger charge is 2.21. The molecule has 3 aromatic heterocycles. The number of benzene rings is 2. The van der Waals surface area contributed by atoms with Gasteiger partial charge in [-0.1, -0.05) is 65.7 Å². The number of amides is 1. The van der Waals surface area contributed by atoms with Crippen LogP contribution < -0.4 is 26.0 Å². The van der Waals surface area contributed by atoms with Crippen LogP contribution in [-0.2, 0) is 22.7 Å². The Morgan fingerprint density at radius 2 is 1.76 bits per heavy atom. The second kappa shape index (κ2) is 16.6. The van der Waals surface area contributed by atoms with E-state index >= 15 is 0 Å². The quantitative estimate of drug-likeness (QED) is 0.0910. The van der Waals surface area contributed by atoms with Crippen molar-refractivity contribution in [2.75, 3.05) is 27.2 Å². The lowest BCUT2D eigenvalue weighted by molar-refractivity contribution is -0.119. The van der Waals surface area contributed by atoms with E-state index in [-0.39, 0.29) is 18.0 Å². The van der Waals surface area contributed by atoms with Crippen LogP contribution in [0.15, 0.2) is 73.1 Å². The van der Waals surface area contributed by atoms with Gasteiger partial charge in [0.25, 0.3) is 0 Å². The van der Waals surface area contributed by atoms with Crippen LogP contribution in [0.1, 0.15) is 36.9 Å². The predicted molar refractivity (Wildman–Crippen MR) is 199 cm³/mol. The third kappa shape index (κ3) is 8.17. The Labute approximate surface area is 302 Å². The predicted octanol–water partition coefficient (Wildman–Crippen LogP) is 6.07. The minimum absolute atomic E-state index is 0.102. The molecule has 1 fully saturated rings. The zero-order valence-corrected chi connectivity index (χ0v) is 29.7. The summed E-state index contributed by atoms with van der Waals surface area (Å²) in [6, 6.07) is 20.2. The number of carbonyl (C=O) groups excluding carboxylic acids is 2. The van der Waals surface area contributed by atoms with E-state index in [1.165, 1.54) is 0 Å². The molecular formula is C38H41Cl2N7O3. The van der Waals surface area contributed by atoms with Crippen molar-refractivity contribution in [3.8, 4) is 39.4 Å². The van der Waals surface area contributed by atoms with Gasteiger partial charge in [-0.3, -0.25) is 4.79 Å². The SMILES string of the molecule is CNC(CCC=O)CNCc1cn2ccc(-c3cccc(-c4cccc(-c5ccc(CNCC6CCC(=O)N6)c(OC)n5)c4Cl)c3Cl)cc2n1. The van der Waals surface area contributed by atoms with Gasteiger partial charge in [0.1, 0.15) is 11.9 Å². The Bertz CT molecular complexity index is 1980. The second-order valence-corrected chi connectivity index (χ2v) is 13.2. The molecule has 1 aliphatic heterocycles. The van der Waals surface area contributed by atoms with Gasteiger partial charge in [0.05, 0.1) is 28.5 Å². The average Bonchev–Trinajstić information content (AvgIpc) is 3.74. The van der Waals surface area contributed by atoms with Crippen molar-refractivity contribution in [1.29, 1.82) is 0 Å². The summed E-state index contributed by atoms with van der Waals surface area (Å²) in [4.78, 5) is 31.9. The molecule has 2 aromatic carbocycles. The third-order valence-electron chi connectivity index (χ3n) is 9.05. The van der Waals surface area contributed by atoms with Crippen molar-refractivity contribution in [2.45, 2.75) is 50.9 Å². The van der Waals surface area contributed by atoms with Crippen LogP contribution in [0, 0.1) is 0 Å². The van der Waals surface area contributed by atoms with Gasteiger partial charge >= 0.3 is 0 Å². The molecule has 4 N–H and O–H groups in total. The van der Waals surface area contributed by atoms with Gasteiger partial charge in [0.15, 0.2) is 0 Å². The van der Waals surface area contributed by atoms with Crippen LogP contribution in [0.4, 0.5) is 0 Å². The first-order valence-corrected chi connectivity index (χ1v) is 17.6. The van der Waals surface area contributed by atoms with Crippen molar-refractivity contribution in [2.24, 2.45) is 0 Å². The zero-order chi connectivity index (χ0) is 35.0. The van der Waals surface area contributed by atoms with E-state index in [1.807, 2.05) is 84.5 Å². The Kier molecular flexibility index (Phi) is 11.8. The highest BCUT2D eigenvalue weighted by Crippen LogP contribution is 2.42. The summed E-state index contributed by atoms with van der Waals surface area (Å²) >= 11 is 14.2. The molecule has 5 aromatic rings. The number of aromatic nitrogens is 3. The smallest absolute Gasteiger partial charge is 0.220 e. The lowest BCUT2D eigenvalue weighted by Gasteiger charge is -2.15. The van der Waals surface area contributed by atoms with E-state index < -0.39 is 0 Å². The number of ether oxygens (including phenoxy) is 1. The number of hydrogen-bond donors (Lipinski definition) is 4. The fourth-order valence-electron chi connectivity index (χ4n) is 6.32. The molecule has 1 aliphatic rings. The van der Waals surface area contributed by atoms with E-state index in [1.54, 1.807) is 7.11 Å². The van der Waals surface area contributed by atoms with E-state index in [9.17, 15) is 9.59 Å². The standard InChI is InChI=1S/C38H41Cl2N7O3/c1-41-26(6-5-17-48)20-43-22-28-23-47-16-15-24(18-34(47)44-28)29-7-3-8-30(36(29)39)31-9-4-10-32(37(31)40)33-13-11-25(38(46-33)50-2)19-42-21-27-12-14-35(49)45-27/h3-4,7-11,13,15-18,23,26-27,41-43H,5-6,12,14,19-22H2,1-2H3,(H,45,49). The van der Waals surface area contributed by atoms with Crippen LogP contribution in [0.3, 0.4) is 0 Å². The van der Waals surface area contributed by atoms with Crippen molar-refractivity contribution >= 4 is 41.0 Å². The molecule has 50 heavy (non-hydrogen) atoms. The maximum Gasteiger partial charge on any atom is 0.220 e. The van der Waals surface area contributed by atoms with E-state index in [0.717, 1.165) is 70.4 Å². The van der Waals surface area contributed by atoms with Gasteiger partial charge in [0, 0.05) is 91.3 Å². The molecular weight excluding hydrogens is 673 g/mol. The Morgan fingerprint density at radius 1 is 1.00 bits per heavy atom. The number of methoxy groups -OCH3 is 1. The molecule has 0 bridgehead atoms. The molecule has 0 saturated carbocycles. The molecule has 0 radical (unpaired) electrons. The van der Waals surface area contributed by atoms with Crippen LogP contribution in [0.5, 0.6) is 5.88 Å². The van der Waals surface area contributed by atoms with Gasteiger partial charge in [-0.2, -0.15) is 0 Å². The highest BCUT2D eigenvalue weighted by atomic mass is 35.5. The number of pyridine rings is 2. The monoisotopic (exact) mass is 713 g/mol. The normalized spacial score (nSPS) is 15.0. The van der Waals surface area contributed by atoms with Crippen molar-refractivity contribution in [1.82, 2.24) is 35.6 Å². The maximum absolute atomic E-state index is 11.5. The number of nitrogens with one attached hydrogen (secondary N) is 4. The fourth-order valence-corrected chi connectivity index (χ4v) is 6.98. The van der Waals surface area contributed by atoms with Gasteiger partial charge in [-0.25, -0.2) is 9.97 Å². The summed E-state index contributed by atoms with van der Waals surface area (Å²) in [7, 11) is 3.51. The number of carbonyl (C=O) groups is 2. The molecule has 260 valence electrons. The fraction of sp³-hybridized carbons (Fsp3) is 0.316. The van der Waals surface area contributed by atoms with Crippen LogP contribution in [-0.4, -0.2) is 65.9 Å². The first-order valence-electron chi connectivity index (χ1n) is 16.8. The largest absolute Gasteiger partial charge is 0.481 e. The third-order valence-corrected chi connectivity index (χ3v) is 9.86. The summed E-state index contributed by atoms with van der Waals surface area (Å²) in [5.74, 6) is 0.613. The first-order chi connectivity index (χ1) is 24.4. The molecule has 1 saturated heterocycles. The Hall–Kier alpha value is -4.32. The second-order valence-electron chi connectivity index (χ2n) is 12.4. The number of aldehydes is 1. The number of fused-ring (bicyclic) bond motifs is 1. The number of nitrogens with zero attached hydrogens (tertiary/aromatic N) is 3. The Morgan fingerprint density at radius 3 is 2.48 bits per heavy atom. The summed E-state index contributed by atoms with van der Waals surface area (Å²) in [5.41, 5.74) is 7.52. The Balaban J connectivity index is 1.19. The van der Waals surface area contributed by atoms with Crippen molar-refractivity contribution < 1.29 is 14.3 Å². The van der Waals surface area contributed by atoms with Crippen molar-refractivity contribution in [3.05, 3.63) is 94.4 Å². The van der Waals surface area contributed by atoms with Crippen molar-refractivity contribution in [3.63, 3.8) is 0 Å². The number of rotatable bonds is 16. The molecule has 0 spiro atoms. The number of halogens is 2. The molecule has 2 unspecified atom stereocenters. The summed E-state index contributed by atoms with van der Waals surface area (Å²) in [5, 5.41) is 14.2. The van der Waals surface area contributed by atoms with E-state index in [4.69, 9.17) is 37.9 Å².